The summed E-state index contributed by atoms with van der Waals surface area (Å²) in [7, 11) is 0. The Morgan fingerprint density at radius 1 is 1.12 bits per heavy atom. The SMILES string of the molecule is CC(C)(C)[C@H](N)C(=O)Nc1cccc(N2CCCCCC2)c1.Cl.Cl. The Kier molecular flexibility index (Phi) is 9.71. The normalized spacial score (nSPS) is 16.2. The second kappa shape index (κ2) is 10.1. The minimum absolute atomic E-state index is 0. The first kappa shape index (κ1) is 23.0. The van der Waals surface area contributed by atoms with Gasteiger partial charge in [-0.05, 0) is 36.5 Å². The Hall–Kier alpha value is -0.970. The Bertz CT molecular complexity index is 509. The predicted molar refractivity (Wildman–Crippen MR) is 108 cm³/mol. The van der Waals surface area contributed by atoms with Crippen LogP contribution >= 0.6 is 24.8 Å². The molecule has 6 heteroatoms. The van der Waals surface area contributed by atoms with Crippen molar-refractivity contribution < 1.29 is 4.79 Å². The highest BCUT2D eigenvalue weighted by atomic mass is 35.5. The molecule has 0 spiro atoms. The minimum atomic E-state index is -0.519. The van der Waals surface area contributed by atoms with Gasteiger partial charge >= 0.3 is 0 Å². The summed E-state index contributed by atoms with van der Waals surface area (Å²) in [6.45, 7) is 8.12. The van der Waals surface area contributed by atoms with Crippen molar-refractivity contribution in [2.24, 2.45) is 11.1 Å². The zero-order valence-corrected chi connectivity index (χ0v) is 16.5. The maximum absolute atomic E-state index is 12.3. The Morgan fingerprint density at radius 2 is 1.71 bits per heavy atom. The van der Waals surface area contributed by atoms with Crippen molar-refractivity contribution in [2.75, 3.05) is 23.3 Å². The van der Waals surface area contributed by atoms with Crippen LogP contribution in [0.15, 0.2) is 24.3 Å². The molecule has 1 amide bonds. The summed E-state index contributed by atoms with van der Waals surface area (Å²) in [5.74, 6) is -0.125. The number of carbonyl (C=O) groups is 1. The van der Waals surface area contributed by atoms with Gasteiger partial charge in [-0.25, -0.2) is 0 Å². The highest BCUT2D eigenvalue weighted by Gasteiger charge is 2.27. The van der Waals surface area contributed by atoms with Crippen LogP contribution in [0.1, 0.15) is 46.5 Å². The number of nitrogens with one attached hydrogen (secondary N) is 1. The van der Waals surface area contributed by atoms with Crippen molar-refractivity contribution in [3.63, 3.8) is 0 Å². The molecule has 1 saturated heterocycles. The summed E-state index contributed by atoms with van der Waals surface area (Å²) >= 11 is 0. The number of hydrogen-bond donors (Lipinski definition) is 2. The van der Waals surface area contributed by atoms with Gasteiger partial charge in [-0.1, -0.05) is 39.7 Å². The van der Waals surface area contributed by atoms with Crippen molar-refractivity contribution in [2.45, 2.75) is 52.5 Å². The number of carbonyl (C=O) groups excluding carboxylic acids is 1. The average Bonchev–Trinajstić information content (AvgIpc) is 2.74. The molecule has 138 valence electrons. The van der Waals surface area contributed by atoms with Gasteiger partial charge in [0, 0.05) is 24.5 Å². The molecular formula is C18H31Cl2N3O. The Balaban J connectivity index is 0.00000264. The van der Waals surface area contributed by atoms with Crippen molar-refractivity contribution in [3.8, 4) is 0 Å². The maximum Gasteiger partial charge on any atom is 0.241 e. The molecular weight excluding hydrogens is 345 g/mol. The van der Waals surface area contributed by atoms with E-state index in [1.54, 1.807) is 0 Å². The van der Waals surface area contributed by atoms with Gasteiger partial charge in [-0.15, -0.1) is 24.8 Å². The minimum Gasteiger partial charge on any atom is -0.371 e. The van der Waals surface area contributed by atoms with E-state index in [1.807, 2.05) is 32.9 Å². The van der Waals surface area contributed by atoms with E-state index in [2.05, 4.69) is 22.3 Å². The van der Waals surface area contributed by atoms with Gasteiger partial charge in [0.05, 0.1) is 6.04 Å². The third-order valence-corrected chi connectivity index (χ3v) is 4.30. The fourth-order valence-electron chi connectivity index (χ4n) is 2.72. The lowest BCUT2D eigenvalue weighted by molar-refractivity contribution is -0.119. The molecule has 1 aromatic carbocycles. The first-order valence-electron chi connectivity index (χ1n) is 8.29. The third kappa shape index (κ3) is 6.50. The van der Waals surface area contributed by atoms with Crippen LogP contribution in [0.2, 0.25) is 0 Å². The summed E-state index contributed by atoms with van der Waals surface area (Å²) in [6, 6.07) is 7.57. The molecule has 1 aliphatic heterocycles. The fraction of sp³-hybridized carbons (Fsp3) is 0.611. The maximum atomic E-state index is 12.3. The lowest BCUT2D eigenvalue weighted by atomic mass is 9.87. The highest BCUT2D eigenvalue weighted by molar-refractivity contribution is 5.95. The number of halogens is 2. The van der Waals surface area contributed by atoms with Crippen molar-refractivity contribution in [1.29, 1.82) is 0 Å². The van der Waals surface area contributed by atoms with E-state index >= 15 is 0 Å². The van der Waals surface area contributed by atoms with Gasteiger partial charge in [-0.3, -0.25) is 4.79 Å². The Labute approximate surface area is 158 Å². The van der Waals surface area contributed by atoms with Crippen LogP contribution in [0.5, 0.6) is 0 Å². The molecule has 2 rings (SSSR count). The quantitative estimate of drug-likeness (QED) is 0.830. The number of amides is 1. The fourth-order valence-corrected chi connectivity index (χ4v) is 2.72. The van der Waals surface area contributed by atoms with Crippen LogP contribution in [-0.2, 0) is 4.79 Å². The number of benzene rings is 1. The van der Waals surface area contributed by atoms with Crippen LogP contribution in [0.4, 0.5) is 11.4 Å². The molecule has 4 nitrogen and oxygen atoms in total. The van der Waals surface area contributed by atoms with Gasteiger partial charge in [-0.2, -0.15) is 0 Å². The number of anilines is 2. The standard InChI is InChI=1S/C18H29N3O.2ClH/c1-18(2,3)16(19)17(22)20-14-9-8-10-15(13-14)21-11-6-4-5-7-12-21;;/h8-10,13,16H,4-7,11-12,19H2,1-3H3,(H,20,22);2*1H/t16-;;/m1../s1. The molecule has 0 radical (unpaired) electrons. The first-order valence-corrected chi connectivity index (χ1v) is 8.29. The van der Waals surface area contributed by atoms with Crippen molar-refractivity contribution in [3.05, 3.63) is 24.3 Å². The number of nitrogens with two attached hydrogens (primary N) is 1. The molecule has 24 heavy (non-hydrogen) atoms. The van der Waals surface area contributed by atoms with Gasteiger partial charge in [0.2, 0.25) is 5.91 Å². The van der Waals surface area contributed by atoms with E-state index in [0.717, 1.165) is 18.8 Å². The predicted octanol–water partition coefficient (Wildman–Crippen LogP) is 4.22. The number of hydrogen-bond acceptors (Lipinski definition) is 3. The topological polar surface area (TPSA) is 58.4 Å². The zero-order chi connectivity index (χ0) is 16.2. The Morgan fingerprint density at radius 3 is 2.25 bits per heavy atom. The van der Waals surface area contributed by atoms with E-state index in [0.29, 0.717) is 0 Å². The summed E-state index contributed by atoms with van der Waals surface area (Å²) in [5.41, 5.74) is 7.79. The monoisotopic (exact) mass is 375 g/mol. The molecule has 1 aliphatic rings. The van der Waals surface area contributed by atoms with Crippen LogP contribution in [-0.4, -0.2) is 25.0 Å². The molecule has 0 aliphatic carbocycles. The average molecular weight is 376 g/mol. The molecule has 1 fully saturated rings. The number of nitrogens with zero attached hydrogens (tertiary/aromatic N) is 1. The summed E-state index contributed by atoms with van der Waals surface area (Å²) in [5, 5.41) is 2.95. The second-order valence-corrected chi connectivity index (χ2v) is 7.28. The van der Waals surface area contributed by atoms with Crippen LogP contribution < -0.4 is 16.0 Å². The van der Waals surface area contributed by atoms with Gasteiger partial charge < -0.3 is 16.0 Å². The summed E-state index contributed by atoms with van der Waals surface area (Å²) in [4.78, 5) is 14.7. The molecule has 0 unspecified atom stereocenters. The number of rotatable bonds is 3. The van der Waals surface area contributed by atoms with E-state index < -0.39 is 6.04 Å². The molecule has 1 aromatic rings. The summed E-state index contributed by atoms with van der Waals surface area (Å²) in [6.07, 6.45) is 5.11. The molecule has 1 heterocycles. The first-order chi connectivity index (χ1) is 10.4. The van der Waals surface area contributed by atoms with Crippen LogP contribution in [0, 0.1) is 5.41 Å². The molecule has 3 N–H and O–H groups in total. The molecule has 0 bridgehead atoms. The third-order valence-electron chi connectivity index (χ3n) is 4.30. The van der Waals surface area contributed by atoms with Gasteiger partial charge in [0.15, 0.2) is 0 Å². The molecule has 0 aromatic heterocycles. The van der Waals surface area contributed by atoms with Crippen LogP contribution in [0.3, 0.4) is 0 Å². The second-order valence-electron chi connectivity index (χ2n) is 7.28. The highest BCUT2D eigenvalue weighted by Crippen LogP contribution is 2.24. The van der Waals surface area contributed by atoms with E-state index in [-0.39, 0.29) is 36.1 Å². The lowest BCUT2D eigenvalue weighted by Gasteiger charge is -2.26. The smallest absolute Gasteiger partial charge is 0.241 e. The molecule has 1 atom stereocenters. The lowest BCUT2D eigenvalue weighted by Crippen LogP contribution is -2.45. The summed E-state index contributed by atoms with van der Waals surface area (Å²) < 4.78 is 0. The largest absolute Gasteiger partial charge is 0.371 e. The van der Waals surface area contributed by atoms with Gasteiger partial charge in [0.1, 0.15) is 0 Å². The zero-order valence-electron chi connectivity index (χ0n) is 14.9. The van der Waals surface area contributed by atoms with E-state index in [9.17, 15) is 4.79 Å². The van der Waals surface area contributed by atoms with E-state index in [4.69, 9.17) is 5.73 Å². The van der Waals surface area contributed by atoms with E-state index in [1.165, 1.54) is 31.4 Å². The van der Waals surface area contributed by atoms with Crippen molar-refractivity contribution in [1.82, 2.24) is 0 Å². The molecule has 0 saturated carbocycles. The van der Waals surface area contributed by atoms with Crippen LogP contribution in [0.25, 0.3) is 0 Å². The van der Waals surface area contributed by atoms with Gasteiger partial charge in [0.25, 0.3) is 0 Å². The van der Waals surface area contributed by atoms with Crippen molar-refractivity contribution >= 4 is 42.1 Å².